The van der Waals surface area contributed by atoms with Gasteiger partial charge in [-0.25, -0.2) is 0 Å². The van der Waals surface area contributed by atoms with E-state index in [9.17, 15) is 9.90 Å². The van der Waals surface area contributed by atoms with E-state index in [4.69, 9.17) is 5.11 Å². The van der Waals surface area contributed by atoms with Crippen LogP contribution in [-0.2, 0) is 4.79 Å². The second kappa shape index (κ2) is 4.94. The van der Waals surface area contributed by atoms with Crippen LogP contribution in [0, 0.1) is 5.92 Å². The molecule has 0 bridgehead atoms. The minimum atomic E-state index is -0.691. The maximum absolute atomic E-state index is 10.7. The van der Waals surface area contributed by atoms with Gasteiger partial charge in [-0.1, -0.05) is 0 Å². The Morgan fingerprint density at radius 2 is 1.87 bits per heavy atom. The topological polar surface area (TPSA) is 69.6 Å². The van der Waals surface area contributed by atoms with Crippen LogP contribution < -0.4 is 5.32 Å². The number of hydrogen-bond donors (Lipinski definition) is 3. The number of hydrogen-bond acceptors (Lipinski definition) is 3. The zero-order chi connectivity index (χ0) is 11.5. The van der Waals surface area contributed by atoms with E-state index in [2.05, 4.69) is 5.32 Å². The maximum Gasteiger partial charge on any atom is 0.306 e. The van der Waals surface area contributed by atoms with Crippen molar-refractivity contribution in [3.63, 3.8) is 0 Å². The molecule has 1 aliphatic rings. The molecule has 0 atom stereocenters. The lowest BCUT2D eigenvalue weighted by Gasteiger charge is -2.29. The first kappa shape index (κ1) is 12.5. The van der Waals surface area contributed by atoms with E-state index >= 15 is 0 Å². The predicted octanol–water partition coefficient (Wildman–Crippen LogP) is 0.990. The van der Waals surface area contributed by atoms with Gasteiger partial charge in [0.1, 0.15) is 0 Å². The largest absolute Gasteiger partial charge is 0.481 e. The van der Waals surface area contributed by atoms with Gasteiger partial charge in [0.05, 0.1) is 11.5 Å². The van der Waals surface area contributed by atoms with Crippen molar-refractivity contribution in [3.05, 3.63) is 0 Å². The van der Waals surface area contributed by atoms with Crippen LogP contribution in [0.25, 0.3) is 0 Å². The summed E-state index contributed by atoms with van der Waals surface area (Å²) in [5.41, 5.74) is -0.691. The molecule has 4 heteroatoms. The van der Waals surface area contributed by atoms with Gasteiger partial charge in [-0.15, -0.1) is 0 Å². The fourth-order valence-electron chi connectivity index (χ4n) is 1.94. The van der Waals surface area contributed by atoms with Gasteiger partial charge in [-0.2, -0.15) is 0 Å². The van der Waals surface area contributed by atoms with Crippen molar-refractivity contribution in [1.82, 2.24) is 5.32 Å². The quantitative estimate of drug-likeness (QED) is 0.654. The van der Waals surface area contributed by atoms with Gasteiger partial charge >= 0.3 is 5.97 Å². The van der Waals surface area contributed by atoms with Crippen LogP contribution in [-0.4, -0.2) is 34.4 Å². The van der Waals surface area contributed by atoms with Gasteiger partial charge < -0.3 is 15.5 Å². The number of carbonyl (C=O) groups is 1. The Morgan fingerprint density at radius 1 is 1.33 bits per heavy atom. The van der Waals surface area contributed by atoms with Gasteiger partial charge in [0.15, 0.2) is 0 Å². The molecule has 15 heavy (non-hydrogen) atoms. The number of nitrogens with one attached hydrogen (secondary N) is 1. The molecule has 1 fully saturated rings. The highest BCUT2D eigenvalue weighted by molar-refractivity contribution is 5.70. The molecule has 3 N–H and O–H groups in total. The van der Waals surface area contributed by atoms with Crippen molar-refractivity contribution in [2.75, 3.05) is 6.54 Å². The van der Waals surface area contributed by atoms with E-state index in [1.165, 1.54) is 0 Å². The highest BCUT2D eigenvalue weighted by Gasteiger charge is 2.26. The van der Waals surface area contributed by atoms with Crippen molar-refractivity contribution in [1.29, 1.82) is 0 Å². The number of carboxylic acids is 1. The molecule has 88 valence electrons. The third-order valence-corrected chi connectivity index (χ3v) is 2.90. The highest BCUT2D eigenvalue weighted by atomic mass is 16.4. The lowest BCUT2D eigenvalue weighted by Crippen LogP contribution is -2.42. The van der Waals surface area contributed by atoms with E-state index in [0.717, 1.165) is 25.7 Å². The Hall–Kier alpha value is -0.610. The van der Waals surface area contributed by atoms with E-state index in [1.807, 2.05) is 0 Å². The van der Waals surface area contributed by atoms with Crippen LogP contribution in [0.1, 0.15) is 39.5 Å². The Bertz CT molecular complexity index is 214. The lowest BCUT2D eigenvalue weighted by atomic mass is 9.86. The van der Waals surface area contributed by atoms with Crippen LogP contribution in [0.4, 0.5) is 0 Å². The standard InChI is InChI=1S/C11H21NO3/c1-11(2,15)7-12-9-5-3-8(4-6-9)10(13)14/h8-9,12,15H,3-7H2,1-2H3,(H,13,14). The first-order chi connectivity index (χ1) is 6.88. The molecule has 0 amide bonds. The van der Waals surface area contributed by atoms with Gasteiger partial charge in [-0.05, 0) is 39.5 Å². The molecule has 1 rings (SSSR count). The molecule has 0 aromatic heterocycles. The average Bonchev–Trinajstić information content (AvgIpc) is 2.14. The SMILES string of the molecule is CC(C)(O)CNC1CCC(C(=O)O)CC1. The summed E-state index contributed by atoms with van der Waals surface area (Å²) in [5.74, 6) is -0.832. The van der Waals surface area contributed by atoms with E-state index in [0.29, 0.717) is 12.6 Å². The Labute approximate surface area is 90.7 Å². The number of carboxylic acid groups (broad SMARTS) is 1. The summed E-state index contributed by atoms with van der Waals surface area (Å²) in [5, 5.41) is 21.6. The lowest BCUT2D eigenvalue weighted by molar-refractivity contribution is -0.142. The normalized spacial score (nSPS) is 27.7. The number of aliphatic hydroxyl groups is 1. The van der Waals surface area contributed by atoms with E-state index in [1.54, 1.807) is 13.8 Å². The summed E-state index contributed by atoms with van der Waals surface area (Å²) < 4.78 is 0. The van der Waals surface area contributed by atoms with Crippen LogP contribution in [0.15, 0.2) is 0 Å². The molecule has 0 heterocycles. The van der Waals surface area contributed by atoms with Crippen LogP contribution >= 0.6 is 0 Å². The third-order valence-electron chi connectivity index (χ3n) is 2.90. The number of aliphatic carboxylic acids is 1. The van der Waals surface area contributed by atoms with Crippen molar-refractivity contribution in [3.8, 4) is 0 Å². The summed E-state index contributed by atoms with van der Waals surface area (Å²) in [6.07, 6.45) is 3.29. The fraction of sp³-hybridized carbons (Fsp3) is 0.909. The van der Waals surface area contributed by atoms with Crippen molar-refractivity contribution >= 4 is 5.97 Å². The molecule has 0 aliphatic heterocycles. The fourth-order valence-corrected chi connectivity index (χ4v) is 1.94. The molecule has 0 aromatic carbocycles. The highest BCUT2D eigenvalue weighted by Crippen LogP contribution is 2.24. The maximum atomic E-state index is 10.7. The van der Waals surface area contributed by atoms with Crippen LogP contribution in [0.5, 0.6) is 0 Å². The van der Waals surface area contributed by atoms with Gasteiger partial charge in [0.25, 0.3) is 0 Å². The van der Waals surface area contributed by atoms with Crippen molar-refractivity contribution in [2.24, 2.45) is 5.92 Å². The van der Waals surface area contributed by atoms with Gasteiger partial charge in [0.2, 0.25) is 0 Å². The summed E-state index contributed by atoms with van der Waals surface area (Å²) >= 11 is 0. The van der Waals surface area contributed by atoms with Crippen LogP contribution in [0.3, 0.4) is 0 Å². The number of rotatable bonds is 4. The van der Waals surface area contributed by atoms with Crippen LogP contribution in [0.2, 0.25) is 0 Å². The zero-order valence-corrected chi connectivity index (χ0v) is 9.49. The molecule has 0 aromatic rings. The summed E-state index contributed by atoms with van der Waals surface area (Å²) in [7, 11) is 0. The molecule has 4 nitrogen and oxygen atoms in total. The third kappa shape index (κ3) is 4.62. The molecule has 1 saturated carbocycles. The Kier molecular flexibility index (Phi) is 4.11. The monoisotopic (exact) mass is 215 g/mol. The second-order valence-corrected chi connectivity index (χ2v) is 5.08. The Balaban J connectivity index is 2.23. The summed E-state index contributed by atoms with van der Waals surface area (Å²) in [6.45, 7) is 4.10. The average molecular weight is 215 g/mol. The summed E-state index contributed by atoms with van der Waals surface area (Å²) in [6, 6.07) is 0.368. The van der Waals surface area contributed by atoms with Gasteiger partial charge in [0, 0.05) is 12.6 Å². The molecular weight excluding hydrogens is 194 g/mol. The molecule has 0 unspecified atom stereocenters. The first-order valence-electron chi connectivity index (χ1n) is 5.57. The molecule has 0 saturated heterocycles. The van der Waals surface area contributed by atoms with Crippen molar-refractivity contribution in [2.45, 2.75) is 51.2 Å². The van der Waals surface area contributed by atoms with E-state index < -0.39 is 11.6 Å². The molecule has 0 radical (unpaired) electrons. The van der Waals surface area contributed by atoms with E-state index in [-0.39, 0.29) is 5.92 Å². The zero-order valence-electron chi connectivity index (χ0n) is 9.49. The molecular formula is C11H21NO3. The van der Waals surface area contributed by atoms with Gasteiger partial charge in [-0.3, -0.25) is 4.79 Å². The second-order valence-electron chi connectivity index (χ2n) is 5.08. The minimum Gasteiger partial charge on any atom is -0.481 e. The minimum absolute atomic E-state index is 0.162. The molecule has 0 spiro atoms. The predicted molar refractivity (Wildman–Crippen MR) is 57.7 cm³/mol. The molecule has 1 aliphatic carbocycles. The van der Waals surface area contributed by atoms with Crippen molar-refractivity contribution < 1.29 is 15.0 Å². The first-order valence-corrected chi connectivity index (χ1v) is 5.57. The summed E-state index contributed by atoms with van der Waals surface area (Å²) in [4.78, 5) is 10.7. The Morgan fingerprint density at radius 3 is 2.27 bits per heavy atom. The smallest absolute Gasteiger partial charge is 0.306 e.